The van der Waals surface area contributed by atoms with Crippen molar-refractivity contribution in [3.05, 3.63) is 95.1 Å². The van der Waals surface area contributed by atoms with Crippen molar-refractivity contribution in [1.82, 2.24) is 0 Å². The molecule has 3 aromatic rings. The predicted octanol–water partition coefficient (Wildman–Crippen LogP) is 3.29. The van der Waals surface area contributed by atoms with E-state index in [4.69, 9.17) is 4.74 Å². The van der Waals surface area contributed by atoms with Crippen LogP contribution in [0.5, 0.6) is 0 Å². The summed E-state index contributed by atoms with van der Waals surface area (Å²) in [5.74, 6) is -2.28. The molecule has 1 unspecified atom stereocenters. The van der Waals surface area contributed by atoms with E-state index in [2.05, 4.69) is 4.72 Å². The number of ketones is 1. The SMILES string of the molecule is CC(OC(=O)c1cccc(N2C(=O)c3ccccc3C2=O)c1)C(=O)c1ccc(NS(C)(=O)=O)cc1. The number of rotatable bonds is 7. The van der Waals surface area contributed by atoms with Crippen molar-refractivity contribution in [1.29, 1.82) is 0 Å². The van der Waals surface area contributed by atoms with Gasteiger partial charge in [-0.2, -0.15) is 0 Å². The smallest absolute Gasteiger partial charge is 0.338 e. The minimum atomic E-state index is -3.46. The Kier molecular flexibility index (Phi) is 6.23. The van der Waals surface area contributed by atoms with Gasteiger partial charge in [0.05, 0.1) is 28.6 Å². The van der Waals surface area contributed by atoms with Crippen LogP contribution in [0.1, 0.15) is 48.4 Å². The molecule has 10 heteroatoms. The number of Topliss-reactive ketones (excluding diaryl/α,β-unsaturated/α-hetero) is 1. The van der Waals surface area contributed by atoms with Gasteiger partial charge in [0.25, 0.3) is 11.8 Å². The number of anilines is 2. The minimum absolute atomic E-state index is 0.0615. The van der Waals surface area contributed by atoms with Gasteiger partial charge in [-0.15, -0.1) is 0 Å². The molecular formula is C25H20N2O7S. The largest absolute Gasteiger partial charge is 0.451 e. The second kappa shape index (κ2) is 9.15. The van der Waals surface area contributed by atoms with E-state index in [0.717, 1.165) is 11.2 Å². The average Bonchev–Trinajstić information content (AvgIpc) is 3.08. The second-order valence-electron chi connectivity index (χ2n) is 7.90. The number of benzene rings is 3. The molecule has 1 aliphatic heterocycles. The summed E-state index contributed by atoms with van der Waals surface area (Å²) in [6.07, 6.45) is -0.129. The van der Waals surface area contributed by atoms with Crippen molar-refractivity contribution in [2.24, 2.45) is 0 Å². The predicted molar refractivity (Wildman–Crippen MR) is 128 cm³/mol. The van der Waals surface area contributed by atoms with Gasteiger partial charge >= 0.3 is 5.97 Å². The number of esters is 1. The number of ether oxygens (including phenoxy) is 1. The maximum Gasteiger partial charge on any atom is 0.338 e. The topological polar surface area (TPSA) is 127 Å². The fourth-order valence-corrected chi connectivity index (χ4v) is 4.19. The third kappa shape index (κ3) is 4.97. The van der Waals surface area contributed by atoms with Crippen molar-refractivity contribution in [3.8, 4) is 0 Å². The van der Waals surface area contributed by atoms with E-state index < -0.39 is 39.7 Å². The molecule has 0 radical (unpaired) electrons. The van der Waals surface area contributed by atoms with Gasteiger partial charge in [0.1, 0.15) is 0 Å². The Labute approximate surface area is 201 Å². The Morgan fingerprint density at radius 1 is 0.857 bits per heavy atom. The maximum atomic E-state index is 12.7. The first-order chi connectivity index (χ1) is 16.5. The first kappa shape index (κ1) is 23.8. The number of hydrogen-bond acceptors (Lipinski definition) is 7. The number of amides is 2. The monoisotopic (exact) mass is 492 g/mol. The number of imide groups is 1. The van der Waals surface area contributed by atoms with Crippen LogP contribution in [-0.4, -0.2) is 44.3 Å². The van der Waals surface area contributed by atoms with Crippen LogP contribution in [0.2, 0.25) is 0 Å². The lowest BCUT2D eigenvalue weighted by molar-refractivity contribution is 0.0318. The highest BCUT2D eigenvalue weighted by molar-refractivity contribution is 7.92. The van der Waals surface area contributed by atoms with Crippen LogP contribution in [0, 0.1) is 0 Å². The number of hydrogen-bond donors (Lipinski definition) is 1. The van der Waals surface area contributed by atoms with Crippen LogP contribution in [-0.2, 0) is 14.8 Å². The molecule has 35 heavy (non-hydrogen) atoms. The van der Waals surface area contributed by atoms with Crippen LogP contribution < -0.4 is 9.62 Å². The molecule has 3 aromatic carbocycles. The first-order valence-electron chi connectivity index (χ1n) is 10.5. The molecule has 1 heterocycles. The van der Waals surface area contributed by atoms with Crippen LogP contribution in [0.25, 0.3) is 0 Å². The van der Waals surface area contributed by atoms with Crippen molar-refractivity contribution >= 4 is 45.0 Å². The number of fused-ring (bicyclic) bond motifs is 1. The molecule has 0 bridgehead atoms. The third-order valence-corrected chi connectivity index (χ3v) is 5.87. The molecule has 0 fully saturated rings. The lowest BCUT2D eigenvalue weighted by atomic mass is 10.1. The number of nitrogens with zero attached hydrogens (tertiary/aromatic N) is 1. The molecule has 0 saturated carbocycles. The molecule has 178 valence electrons. The van der Waals surface area contributed by atoms with Crippen LogP contribution in [0.3, 0.4) is 0 Å². The summed E-state index contributed by atoms with van der Waals surface area (Å²) in [6.45, 7) is 1.41. The van der Waals surface area contributed by atoms with Crippen molar-refractivity contribution in [2.75, 3.05) is 15.9 Å². The Morgan fingerprint density at radius 3 is 2.03 bits per heavy atom. The quantitative estimate of drug-likeness (QED) is 0.305. The van der Waals surface area contributed by atoms with Crippen molar-refractivity contribution in [3.63, 3.8) is 0 Å². The minimum Gasteiger partial charge on any atom is -0.451 e. The molecule has 1 atom stereocenters. The molecule has 1 N–H and O–H groups in total. The van der Waals surface area contributed by atoms with Crippen LogP contribution >= 0.6 is 0 Å². The lowest BCUT2D eigenvalue weighted by Crippen LogP contribution is -2.29. The van der Waals surface area contributed by atoms with Gasteiger partial charge in [-0.25, -0.2) is 18.1 Å². The third-order valence-electron chi connectivity index (χ3n) is 5.26. The normalized spacial score (nSPS) is 13.8. The van der Waals surface area contributed by atoms with E-state index in [1.165, 1.54) is 55.5 Å². The van der Waals surface area contributed by atoms with Gasteiger partial charge < -0.3 is 4.74 Å². The Morgan fingerprint density at radius 2 is 1.46 bits per heavy atom. The van der Waals surface area contributed by atoms with Crippen LogP contribution in [0.15, 0.2) is 72.8 Å². The first-order valence-corrected chi connectivity index (χ1v) is 12.4. The second-order valence-corrected chi connectivity index (χ2v) is 9.65. The summed E-state index contributed by atoms with van der Waals surface area (Å²) in [7, 11) is -3.46. The highest BCUT2D eigenvalue weighted by Gasteiger charge is 2.36. The Balaban J connectivity index is 1.47. The fraction of sp³-hybridized carbons (Fsp3) is 0.120. The van der Waals surface area contributed by atoms with Gasteiger partial charge in [0.15, 0.2) is 6.10 Å². The highest BCUT2D eigenvalue weighted by Crippen LogP contribution is 2.29. The van der Waals surface area contributed by atoms with Gasteiger partial charge in [0.2, 0.25) is 15.8 Å². The summed E-state index contributed by atoms with van der Waals surface area (Å²) in [5, 5.41) is 0. The van der Waals surface area contributed by atoms with E-state index in [9.17, 15) is 27.6 Å². The average molecular weight is 493 g/mol. The van der Waals surface area contributed by atoms with E-state index in [1.807, 2.05) is 0 Å². The summed E-state index contributed by atoms with van der Waals surface area (Å²) in [6, 6.07) is 18.0. The maximum absolute atomic E-state index is 12.7. The molecule has 0 aliphatic carbocycles. The van der Waals surface area contributed by atoms with Crippen molar-refractivity contribution in [2.45, 2.75) is 13.0 Å². The number of nitrogens with one attached hydrogen (secondary N) is 1. The summed E-state index contributed by atoms with van der Waals surface area (Å²) >= 11 is 0. The summed E-state index contributed by atoms with van der Waals surface area (Å²) < 4.78 is 30.2. The highest BCUT2D eigenvalue weighted by atomic mass is 32.2. The van der Waals surface area contributed by atoms with Crippen LogP contribution in [0.4, 0.5) is 11.4 Å². The van der Waals surface area contributed by atoms with Crippen molar-refractivity contribution < 1.29 is 32.3 Å². The van der Waals surface area contributed by atoms with E-state index in [0.29, 0.717) is 5.69 Å². The zero-order valence-electron chi connectivity index (χ0n) is 18.7. The van der Waals surface area contributed by atoms with Gasteiger partial charge in [-0.3, -0.25) is 19.1 Å². The summed E-state index contributed by atoms with van der Waals surface area (Å²) in [4.78, 5) is 51.8. The molecule has 4 rings (SSSR count). The zero-order chi connectivity index (χ0) is 25.3. The molecule has 0 aromatic heterocycles. The molecule has 1 aliphatic rings. The Bertz CT molecular complexity index is 1430. The van der Waals surface area contributed by atoms with E-state index >= 15 is 0 Å². The standard InChI is InChI=1S/C25H20N2O7S/c1-15(22(28)16-10-12-18(13-11-16)26-35(2,32)33)34-25(31)17-6-5-7-19(14-17)27-23(29)20-8-3-4-9-21(20)24(27)30/h3-15,26H,1-2H3. The fourth-order valence-electron chi connectivity index (χ4n) is 3.63. The number of carbonyl (C=O) groups is 4. The molecule has 2 amide bonds. The molecule has 0 spiro atoms. The molecule has 9 nitrogen and oxygen atoms in total. The Hall–Kier alpha value is -4.31. The summed E-state index contributed by atoms with van der Waals surface area (Å²) in [5.41, 5.74) is 1.35. The number of sulfonamides is 1. The van der Waals surface area contributed by atoms with Gasteiger partial charge in [0, 0.05) is 11.3 Å². The molecule has 0 saturated heterocycles. The van der Waals surface area contributed by atoms with E-state index in [-0.39, 0.29) is 27.9 Å². The van der Waals surface area contributed by atoms with Gasteiger partial charge in [-0.05, 0) is 61.5 Å². The number of carbonyl (C=O) groups excluding carboxylic acids is 4. The zero-order valence-corrected chi connectivity index (χ0v) is 19.5. The van der Waals surface area contributed by atoms with E-state index in [1.54, 1.807) is 24.3 Å². The van der Waals surface area contributed by atoms with Gasteiger partial charge in [-0.1, -0.05) is 18.2 Å². The molecular weight excluding hydrogens is 472 g/mol. The lowest BCUT2D eigenvalue weighted by Gasteiger charge is -2.16.